The highest BCUT2D eigenvalue weighted by molar-refractivity contribution is 6.20. The van der Waals surface area contributed by atoms with Gasteiger partial charge in [0.05, 0.1) is 0 Å². The van der Waals surface area contributed by atoms with Gasteiger partial charge in [0.25, 0.3) is 0 Å². The fourth-order valence-corrected chi connectivity index (χ4v) is 2.10. The zero-order valence-corrected chi connectivity index (χ0v) is 9.12. The van der Waals surface area contributed by atoms with Crippen molar-refractivity contribution in [3.8, 4) is 0 Å². The Morgan fingerprint density at radius 3 is 2.31 bits per heavy atom. The highest BCUT2D eigenvalue weighted by atomic mass is 35.5. The first-order valence-corrected chi connectivity index (χ1v) is 5.11. The number of pyridine rings is 1. The van der Waals surface area contributed by atoms with E-state index in [-0.39, 0.29) is 5.38 Å². The molecule has 0 saturated carbocycles. The average molecular weight is 198 g/mol. The lowest BCUT2D eigenvalue weighted by Crippen LogP contribution is -2.16. The standard InChI is InChI=1S/C11H16ClN/c1-8(2)11(9(3)12)10-6-4-5-7-13-10/h4-9,11H,1-3H3. The normalized spacial score (nSPS) is 15.8. The first-order valence-electron chi connectivity index (χ1n) is 4.68. The van der Waals surface area contributed by atoms with E-state index < -0.39 is 0 Å². The Morgan fingerprint density at radius 1 is 1.23 bits per heavy atom. The minimum Gasteiger partial charge on any atom is -0.261 e. The van der Waals surface area contributed by atoms with Crippen LogP contribution >= 0.6 is 11.6 Å². The van der Waals surface area contributed by atoms with Gasteiger partial charge in [-0.25, -0.2) is 0 Å². The van der Waals surface area contributed by atoms with Gasteiger partial charge in [0.1, 0.15) is 0 Å². The molecule has 0 radical (unpaired) electrons. The van der Waals surface area contributed by atoms with E-state index in [4.69, 9.17) is 11.6 Å². The molecule has 1 heterocycles. The van der Waals surface area contributed by atoms with Crippen molar-refractivity contribution in [2.75, 3.05) is 0 Å². The van der Waals surface area contributed by atoms with Crippen LogP contribution in [0.4, 0.5) is 0 Å². The maximum atomic E-state index is 6.13. The predicted molar refractivity (Wildman–Crippen MR) is 57.1 cm³/mol. The zero-order chi connectivity index (χ0) is 9.84. The van der Waals surface area contributed by atoms with Gasteiger partial charge in [-0.3, -0.25) is 4.98 Å². The number of nitrogens with zero attached hydrogens (tertiary/aromatic N) is 1. The van der Waals surface area contributed by atoms with E-state index in [0.717, 1.165) is 5.69 Å². The van der Waals surface area contributed by atoms with Gasteiger partial charge in [0.15, 0.2) is 0 Å². The number of halogens is 1. The molecule has 72 valence electrons. The maximum absolute atomic E-state index is 6.13. The minimum absolute atomic E-state index is 0.134. The third-order valence-corrected chi connectivity index (χ3v) is 2.51. The highest BCUT2D eigenvalue weighted by Crippen LogP contribution is 2.29. The van der Waals surface area contributed by atoms with E-state index in [1.54, 1.807) is 0 Å². The van der Waals surface area contributed by atoms with Crippen molar-refractivity contribution in [2.45, 2.75) is 32.1 Å². The second-order valence-electron chi connectivity index (χ2n) is 3.70. The van der Waals surface area contributed by atoms with Crippen LogP contribution in [0, 0.1) is 5.92 Å². The lowest BCUT2D eigenvalue weighted by atomic mass is 9.89. The van der Waals surface area contributed by atoms with Crippen LogP contribution in [0.3, 0.4) is 0 Å². The lowest BCUT2D eigenvalue weighted by molar-refractivity contribution is 0.480. The quantitative estimate of drug-likeness (QED) is 0.677. The molecule has 0 fully saturated rings. The number of hydrogen-bond acceptors (Lipinski definition) is 1. The molecular formula is C11H16ClN. The monoisotopic (exact) mass is 197 g/mol. The molecule has 0 spiro atoms. The molecular weight excluding hydrogens is 182 g/mol. The topological polar surface area (TPSA) is 12.9 Å². The Bertz CT molecular complexity index is 236. The number of rotatable bonds is 3. The molecule has 0 aliphatic heterocycles. The van der Waals surface area contributed by atoms with Crippen molar-refractivity contribution in [3.05, 3.63) is 30.1 Å². The predicted octanol–water partition coefficient (Wildman–Crippen LogP) is 3.45. The molecule has 2 unspecified atom stereocenters. The molecule has 13 heavy (non-hydrogen) atoms. The largest absolute Gasteiger partial charge is 0.261 e. The molecule has 0 bridgehead atoms. The second-order valence-corrected chi connectivity index (χ2v) is 4.39. The Kier molecular flexibility index (Phi) is 3.73. The van der Waals surface area contributed by atoms with Gasteiger partial charge in [-0.15, -0.1) is 11.6 Å². The third kappa shape index (κ3) is 2.70. The second kappa shape index (κ2) is 4.61. The van der Waals surface area contributed by atoms with Crippen LogP contribution in [0.2, 0.25) is 0 Å². The summed E-state index contributed by atoms with van der Waals surface area (Å²) >= 11 is 6.13. The molecule has 0 N–H and O–H groups in total. The molecule has 1 aromatic heterocycles. The first kappa shape index (κ1) is 10.5. The van der Waals surface area contributed by atoms with Crippen molar-refractivity contribution < 1.29 is 0 Å². The van der Waals surface area contributed by atoms with Crippen molar-refractivity contribution in [3.63, 3.8) is 0 Å². The average Bonchev–Trinajstić information content (AvgIpc) is 2.04. The van der Waals surface area contributed by atoms with E-state index in [1.807, 2.05) is 31.3 Å². The summed E-state index contributed by atoms with van der Waals surface area (Å²) in [7, 11) is 0. The summed E-state index contributed by atoms with van der Waals surface area (Å²) in [5.74, 6) is 0.880. The molecule has 0 aromatic carbocycles. The highest BCUT2D eigenvalue weighted by Gasteiger charge is 2.21. The fourth-order valence-electron chi connectivity index (χ4n) is 1.68. The molecule has 0 amide bonds. The Balaban J connectivity index is 2.89. The van der Waals surface area contributed by atoms with E-state index in [2.05, 4.69) is 18.8 Å². The van der Waals surface area contributed by atoms with Crippen LogP contribution in [0.15, 0.2) is 24.4 Å². The summed E-state index contributed by atoms with van der Waals surface area (Å²) in [6.45, 7) is 6.39. The molecule has 1 aromatic rings. The number of alkyl halides is 1. The van der Waals surface area contributed by atoms with Gasteiger partial charge in [-0.1, -0.05) is 19.9 Å². The summed E-state index contributed by atoms with van der Waals surface area (Å²) in [5, 5.41) is 0.134. The van der Waals surface area contributed by atoms with Crippen LogP contribution in [-0.2, 0) is 0 Å². The van der Waals surface area contributed by atoms with E-state index in [0.29, 0.717) is 11.8 Å². The van der Waals surface area contributed by atoms with E-state index in [1.165, 1.54) is 0 Å². The van der Waals surface area contributed by atoms with Gasteiger partial charge >= 0.3 is 0 Å². The summed E-state index contributed by atoms with van der Waals surface area (Å²) in [6.07, 6.45) is 1.82. The third-order valence-electron chi connectivity index (χ3n) is 2.24. The smallest absolute Gasteiger partial charge is 0.0451 e. The Labute approximate surface area is 85.1 Å². The van der Waals surface area contributed by atoms with Crippen LogP contribution in [0.25, 0.3) is 0 Å². The van der Waals surface area contributed by atoms with E-state index in [9.17, 15) is 0 Å². The summed E-state index contributed by atoms with van der Waals surface area (Å²) in [5.41, 5.74) is 1.10. The van der Waals surface area contributed by atoms with Crippen LogP contribution < -0.4 is 0 Å². The first-order chi connectivity index (χ1) is 6.13. The number of aromatic nitrogens is 1. The lowest BCUT2D eigenvalue weighted by Gasteiger charge is -2.22. The zero-order valence-electron chi connectivity index (χ0n) is 8.37. The van der Waals surface area contributed by atoms with Gasteiger partial charge in [-0.2, -0.15) is 0 Å². The van der Waals surface area contributed by atoms with Crippen LogP contribution in [-0.4, -0.2) is 10.4 Å². The van der Waals surface area contributed by atoms with Crippen molar-refractivity contribution in [1.82, 2.24) is 4.98 Å². The van der Waals surface area contributed by atoms with Crippen molar-refractivity contribution in [2.24, 2.45) is 5.92 Å². The molecule has 2 atom stereocenters. The van der Waals surface area contributed by atoms with Crippen molar-refractivity contribution >= 4 is 11.6 Å². The SMILES string of the molecule is CC(C)C(c1ccccn1)C(C)Cl. The van der Waals surface area contributed by atoms with E-state index >= 15 is 0 Å². The van der Waals surface area contributed by atoms with Crippen LogP contribution in [0.5, 0.6) is 0 Å². The Morgan fingerprint density at radius 2 is 1.92 bits per heavy atom. The minimum atomic E-state index is 0.134. The van der Waals surface area contributed by atoms with Gasteiger partial charge < -0.3 is 0 Å². The van der Waals surface area contributed by atoms with Crippen LogP contribution in [0.1, 0.15) is 32.4 Å². The summed E-state index contributed by atoms with van der Waals surface area (Å²) in [6, 6.07) is 5.99. The molecule has 0 saturated heterocycles. The summed E-state index contributed by atoms with van der Waals surface area (Å²) in [4.78, 5) is 4.34. The number of hydrogen-bond donors (Lipinski definition) is 0. The molecule has 0 aliphatic rings. The van der Waals surface area contributed by atoms with Crippen molar-refractivity contribution in [1.29, 1.82) is 0 Å². The summed E-state index contributed by atoms with van der Waals surface area (Å²) < 4.78 is 0. The molecule has 1 rings (SSSR count). The molecule has 1 nitrogen and oxygen atoms in total. The fraction of sp³-hybridized carbons (Fsp3) is 0.545. The molecule has 0 aliphatic carbocycles. The maximum Gasteiger partial charge on any atom is 0.0451 e. The van der Waals surface area contributed by atoms with Gasteiger partial charge in [0.2, 0.25) is 0 Å². The van der Waals surface area contributed by atoms with Gasteiger partial charge in [0, 0.05) is 23.2 Å². The molecule has 2 heteroatoms. The Hall–Kier alpha value is -0.560. The van der Waals surface area contributed by atoms with Gasteiger partial charge in [-0.05, 0) is 25.0 Å².